The first-order valence-corrected chi connectivity index (χ1v) is 16.2. The van der Waals surface area contributed by atoms with Crippen molar-refractivity contribution in [1.29, 1.82) is 0 Å². The van der Waals surface area contributed by atoms with Crippen LogP contribution in [0.15, 0.2) is 62.5 Å². The average Bonchev–Trinajstić information content (AvgIpc) is 2.88. The van der Waals surface area contributed by atoms with E-state index >= 15 is 0 Å². The number of hydrogen-bond acceptors (Lipinski definition) is 10. The number of anilines is 1. The van der Waals surface area contributed by atoms with Gasteiger partial charge < -0.3 is 19.5 Å². The Morgan fingerprint density at radius 2 is 1.42 bits per heavy atom. The van der Waals surface area contributed by atoms with E-state index in [1.54, 1.807) is 12.1 Å². The summed E-state index contributed by atoms with van der Waals surface area (Å²) in [5.41, 5.74) is 0.432. The number of nitrogens with zero attached hydrogens (tertiary/aromatic N) is 2. The fourth-order valence-corrected chi connectivity index (χ4v) is 5.66. The number of nitrogens with one attached hydrogen (secondary N) is 1. The third-order valence-electron chi connectivity index (χ3n) is 6.51. The minimum absolute atomic E-state index is 0. The number of carbonyl (C=O) groups is 1. The van der Waals surface area contributed by atoms with E-state index in [0.29, 0.717) is 5.69 Å². The smallest absolute Gasteiger partial charge is 0.744 e. The maximum Gasteiger partial charge on any atom is 1.00 e. The summed E-state index contributed by atoms with van der Waals surface area (Å²) < 4.78 is 71.0. The van der Waals surface area contributed by atoms with Crippen LogP contribution in [0.25, 0.3) is 10.8 Å². The van der Waals surface area contributed by atoms with E-state index in [9.17, 15) is 35.8 Å². The molecule has 0 saturated heterocycles. The molecular weight excluding hydrogens is 616 g/mol. The molecular formula is C28H33N3Na2O8S2. The molecule has 0 fully saturated rings. The van der Waals surface area contributed by atoms with E-state index < -0.39 is 47.4 Å². The summed E-state index contributed by atoms with van der Waals surface area (Å²) in [6, 6.07) is 9.45. The Bertz CT molecular complexity index is 1650. The van der Waals surface area contributed by atoms with E-state index in [4.69, 9.17) is 0 Å². The minimum atomic E-state index is -5.24. The number of fused-ring (bicyclic) bond motifs is 1. The zero-order chi connectivity index (χ0) is 30.2. The van der Waals surface area contributed by atoms with Gasteiger partial charge >= 0.3 is 59.1 Å². The second-order valence-electron chi connectivity index (χ2n) is 9.82. The van der Waals surface area contributed by atoms with Crippen molar-refractivity contribution in [2.75, 3.05) is 5.32 Å². The van der Waals surface area contributed by atoms with Crippen LogP contribution in [0.5, 0.6) is 5.75 Å². The molecule has 3 aromatic carbocycles. The van der Waals surface area contributed by atoms with Gasteiger partial charge in [0.15, 0.2) is 5.75 Å². The predicted molar refractivity (Wildman–Crippen MR) is 153 cm³/mol. The molecule has 15 heteroatoms. The number of hydrogen-bond donors (Lipinski definition) is 2. The number of phenols is 1. The van der Waals surface area contributed by atoms with E-state index in [-0.39, 0.29) is 75.6 Å². The Kier molecular flexibility index (Phi) is 16.5. The fourth-order valence-electron chi connectivity index (χ4n) is 4.48. The van der Waals surface area contributed by atoms with Crippen LogP contribution in [-0.4, -0.2) is 37.0 Å². The molecule has 0 unspecified atom stereocenters. The van der Waals surface area contributed by atoms with Crippen LogP contribution in [0.2, 0.25) is 0 Å². The fraction of sp³-hybridized carbons (Fsp3) is 0.393. The maximum atomic E-state index is 12.0. The Balaban J connectivity index is 0.00000462. The molecule has 1 amide bonds. The van der Waals surface area contributed by atoms with Gasteiger partial charge in [-0.05, 0) is 54.1 Å². The number of aryl methyl sites for hydroxylation is 1. The van der Waals surface area contributed by atoms with Gasteiger partial charge in [-0.1, -0.05) is 64.0 Å². The molecule has 0 heterocycles. The van der Waals surface area contributed by atoms with E-state index in [1.807, 2.05) is 12.1 Å². The third kappa shape index (κ3) is 11.8. The molecule has 3 rings (SSSR count). The van der Waals surface area contributed by atoms with Crippen molar-refractivity contribution in [3.05, 3.63) is 48.0 Å². The second-order valence-corrected chi connectivity index (χ2v) is 12.5. The summed E-state index contributed by atoms with van der Waals surface area (Å²) in [5, 5.41) is 20.6. The van der Waals surface area contributed by atoms with Crippen molar-refractivity contribution in [2.24, 2.45) is 10.2 Å². The summed E-state index contributed by atoms with van der Waals surface area (Å²) in [6.07, 6.45) is 10.6. The Morgan fingerprint density at radius 3 is 1.95 bits per heavy atom. The van der Waals surface area contributed by atoms with Crippen LogP contribution in [-0.2, 0) is 31.5 Å². The maximum absolute atomic E-state index is 12.0. The molecule has 0 aliphatic carbocycles. The molecule has 0 saturated carbocycles. The summed E-state index contributed by atoms with van der Waals surface area (Å²) in [4.78, 5) is 9.94. The molecule has 0 aliphatic rings. The van der Waals surface area contributed by atoms with Gasteiger partial charge in [-0.15, -0.1) is 5.11 Å². The number of benzene rings is 3. The van der Waals surface area contributed by atoms with Crippen LogP contribution in [0, 0.1) is 0 Å². The van der Waals surface area contributed by atoms with Crippen molar-refractivity contribution >= 4 is 54.0 Å². The molecule has 0 atom stereocenters. The second kappa shape index (κ2) is 17.9. The Labute approximate surface area is 297 Å². The molecule has 222 valence electrons. The molecule has 0 aromatic heterocycles. The summed E-state index contributed by atoms with van der Waals surface area (Å²) in [5.74, 6) is -1.51. The molecule has 43 heavy (non-hydrogen) atoms. The number of unbranched alkanes of at least 4 members (excludes halogenated alkanes) is 7. The number of rotatable bonds is 14. The van der Waals surface area contributed by atoms with Crippen LogP contribution in [0.1, 0.15) is 70.8 Å². The summed E-state index contributed by atoms with van der Waals surface area (Å²) in [6.45, 7) is 3.31. The topological polar surface area (TPSA) is 188 Å². The van der Waals surface area contributed by atoms with Crippen molar-refractivity contribution in [1.82, 2.24) is 0 Å². The SMILES string of the molecule is CCCCCCCCCCc1ccc(N=Nc2c(S(=O)(=O)[O-])cc3cc(S(=O)(=O)[O-])cc(NC(C)=O)c3c2O)cc1.[Na+].[Na+]. The van der Waals surface area contributed by atoms with Gasteiger partial charge in [-0.25, -0.2) is 16.8 Å². The standard InChI is InChI=1S/C28H35N3O8S2.2Na/c1-3-4-5-6-7-8-9-10-11-20-12-14-22(15-13-20)30-31-27-25(41(37,38)39)17-21-16-23(40(34,35)36)18-24(29-19(2)32)26(21)28(27)33;;/h12-18,33H,3-11H2,1-2H3,(H,29,32)(H,34,35,36)(H,37,38,39);;/q;2*+1/p-2. The van der Waals surface area contributed by atoms with Crippen molar-refractivity contribution < 1.29 is 95.0 Å². The van der Waals surface area contributed by atoms with E-state index in [2.05, 4.69) is 22.5 Å². The van der Waals surface area contributed by atoms with Crippen molar-refractivity contribution in [3.8, 4) is 5.75 Å². The monoisotopic (exact) mass is 649 g/mol. The molecule has 3 aromatic rings. The third-order valence-corrected chi connectivity index (χ3v) is 8.18. The predicted octanol–water partition coefficient (Wildman–Crippen LogP) is 0.419. The van der Waals surface area contributed by atoms with Crippen molar-refractivity contribution in [2.45, 2.75) is 81.4 Å². The van der Waals surface area contributed by atoms with Crippen LogP contribution >= 0.6 is 0 Å². The average molecular weight is 650 g/mol. The first-order valence-electron chi connectivity index (χ1n) is 13.3. The molecule has 2 N–H and O–H groups in total. The zero-order valence-electron chi connectivity index (χ0n) is 24.9. The first kappa shape index (κ1) is 39.6. The largest absolute Gasteiger partial charge is 1.00 e. The van der Waals surface area contributed by atoms with Gasteiger partial charge in [0, 0.05) is 12.3 Å². The molecule has 0 radical (unpaired) electrons. The molecule has 0 aliphatic heterocycles. The van der Waals surface area contributed by atoms with Crippen LogP contribution in [0.4, 0.5) is 17.1 Å². The summed E-state index contributed by atoms with van der Waals surface area (Å²) in [7, 11) is -10.3. The first-order chi connectivity index (χ1) is 19.3. The number of aromatic hydroxyl groups is 1. The van der Waals surface area contributed by atoms with Gasteiger partial charge in [0.05, 0.1) is 21.2 Å². The number of phenolic OH excluding ortho intramolecular Hbond substituents is 1. The van der Waals surface area contributed by atoms with E-state index in [0.717, 1.165) is 49.9 Å². The van der Waals surface area contributed by atoms with Crippen LogP contribution < -0.4 is 64.4 Å². The summed E-state index contributed by atoms with van der Waals surface area (Å²) >= 11 is 0. The van der Waals surface area contributed by atoms with Gasteiger partial charge in [-0.2, -0.15) is 5.11 Å². The van der Waals surface area contributed by atoms with Crippen molar-refractivity contribution in [3.63, 3.8) is 0 Å². The molecule has 0 bridgehead atoms. The quantitative estimate of drug-likeness (QED) is 0.109. The number of azo groups is 1. The van der Waals surface area contributed by atoms with Gasteiger partial charge in [0.1, 0.15) is 25.9 Å². The normalized spacial score (nSPS) is 11.7. The van der Waals surface area contributed by atoms with Gasteiger partial charge in [0.25, 0.3) is 0 Å². The van der Waals surface area contributed by atoms with E-state index in [1.165, 1.54) is 38.5 Å². The van der Waals surface area contributed by atoms with Gasteiger partial charge in [-0.3, -0.25) is 4.79 Å². The van der Waals surface area contributed by atoms with Crippen LogP contribution in [0.3, 0.4) is 0 Å². The molecule has 0 spiro atoms. The number of amides is 1. The minimum Gasteiger partial charge on any atom is -0.744 e. The van der Waals surface area contributed by atoms with Gasteiger partial charge in [0.2, 0.25) is 5.91 Å². The zero-order valence-corrected chi connectivity index (χ0v) is 30.6. The number of carbonyl (C=O) groups excluding carboxylic acids is 1. The Morgan fingerprint density at radius 1 is 0.837 bits per heavy atom. The molecule has 11 nitrogen and oxygen atoms in total. The Hall–Kier alpha value is -1.39.